The van der Waals surface area contributed by atoms with Crippen LogP contribution in [-0.2, 0) is 17.1 Å². The van der Waals surface area contributed by atoms with Crippen molar-refractivity contribution in [2.75, 3.05) is 0 Å². The molecular weight excluding hydrogens is 291 g/mol. The maximum atomic E-state index is 3.64. The van der Waals surface area contributed by atoms with Gasteiger partial charge in [-0.2, -0.15) is 23.1 Å². The second-order valence-corrected chi connectivity index (χ2v) is 2.59. The fraction of sp³-hybridized carbons (Fsp3) is 0. The van der Waals surface area contributed by atoms with E-state index in [1.807, 2.05) is 10.8 Å². The summed E-state index contributed by atoms with van der Waals surface area (Å²) in [4.78, 5) is 0. The van der Waals surface area contributed by atoms with E-state index in [4.69, 9.17) is 0 Å². The van der Waals surface area contributed by atoms with Crippen LogP contribution in [0.1, 0.15) is 0 Å². The van der Waals surface area contributed by atoms with Gasteiger partial charge in [0.05, 0.1) is 0 Å². The van der Waals surface area contributed by atoms with Gasteiger partial charge in [0.1, 0.15) is 0 Å². The molecule has 2 rings (SSSR count). The fourth-order valence-corrected chi connectivity index (χ4v) is 0.913. The van der Waals surface area contributed by atoms with Crippen molar-refractivity contribution in [2.24, 2.45) is 0 Å². The Morgan fingerprint density at radius 3 is 1.31 bits per heavy atom. The molecule has 2 heterocycles. The minimum atomic E-state index is 0. The van der Waals surface area contributed by atoms with Crippen LogP contribution in [0.25, 0.3) is 0 Å². The molecule has 0 N–H and O–H groups in total. The molecule has 0 radical (unpaired) electrons. The third-order valence-corrected chi connectivity index (χ3v) is 1.55. The summed E-state index contributed by atoms with van der Waals surface area (Å²) in [6.45, 7) is 0. The predicted octanol–water partition coefficient (Wildman–Crippen LogP) is 2.73. The normalized spacial score (nSPS) is 6.15. The average molecular weight is 297 g/mol. The summed E-state index contributed by atoms with van der Waals surface area (Å²) >= 11 is 2.81. The van der Waals surface area contributed by atoms with Crippen LogP contribution in [0.4, 0.5) is 0 Å². The van der Waals surface area contributed by atoms with Crippen LogP contribution in [0.3, 0.4) is 0 Å². The maximum Gasteiger partial charge on any atom is 2.00 e. The number of hydrogen-bond acceptors (Lipinski definition) is 4. The van der Waals surface area contributed by atoms with Crippen molar-refractivity contribution < 1.29 is 17.1 Å². The average Bonchev–Trinajstić information content (AvgIpc) is 2.67. The van der Waals surface area contributed by atoms with Crippen molar-refractivity contribution in [3.8, 4) is 0 Å². The quantitative estimate of drug-likeness (QED) is 0.552. The van der Waals surface area contributed by atoms with Crippen LogP contribution in [0, 0.1) is 12.4 Å². The van der Waals surface area contributed by atoms with Gasteiger partial charge in [-0.3, -0.25) is 0 Å². The van der Waals surface area contributed by atoms with Crippen molar-refractivity contribution in [1.82, 2.24) is 8.75 Å². The Balaban J connectivity index is -0.000000125. The Kier molecular flexibility index (Phi) is 21.7. The molecule has 2 aromatic heterocycles. The van der Waals surface area contributed by atoms with E-state index in [1.165, 1.54) is 23.1 Å². The van der Waals surface area contributed by atoms with E-state index in [0.717, 1.165) is 0 Å². The molecule has 0 saturated carbocycles. The van der Waals surface area contributed by atoms with E-state index < -0.39 is 0 Å². The minimum absolute atomic E-state index is 0. The Bertz CT molecular complexity index is 166. The van der Waals surface area contributed by atoms with Crippen molar-refractivity contribution in [2.45, 2.75) is 0 Å². The molecule has 0 aliphatic carbocycles. The van der Waals surface area contributed by atoms with Gasteiger partial charge >= 0.3 is 17.1 Å². The van der Waals surface area contributed by atoms with E-state index >= 15 is 0 Å². The SMILES string of the molecule is Cl.Cl.[Fe+2].[c-]1ccsn1.[c-]1ccsn1. The van der Waals surface area contributed by atoms with Gasteiger partial charge < -0.3 is 8.75 Å². The Morgan fingerprint density at radius 2 is 1.23 bits per heavy atom. The summed E-state index contributed by atoms with van der Waals surface area (Å²) < 4.78 is 7.28. The Labute approximate surface area is 108 Å². The zero-order valence-corrected chi connectivity index (χ0v) is 10.6. The zero-order chi connectivity index (χ0) is 7.07. The van der Waals surface area contributed by atoms with Crippen molar-refractivity contribution in [3.05, 3.63) is 35.3 Å². The number of rotatable bonds is 0. The van der Waals surface area contributed by atoms with Crippen LogP contribution < -0.4 is 0 Å². The van der Waals surface area contributed by atoms with Crippen molar-refractivity contribution in [3.63, 3.8) is 0 Å². The number of hydrogen-bond donors (Lipinski definition) is 0. The first-order valence-corrected chi connectivity index (χ1v) is 4.20. The molecule has 0 atom stereocenters. The second kappa shape index (κ2) is 14.9. The third kappa shape index (κ3) is 12.4. The predicted molar refractivity (Wildman–Crippen MR) is 56.4 cm³/mol. The van der Waals surface area contributed by atoms with Gasteiger partial charge in [0, 0.05) is 0 Å². The molecule has 0 spiro atoms. The molecule has 0 saturated heterocycles. The molecule has 0 aliphatic heterocycles. The maximum absolute atomic E-state index is 3.64. The second-order valence-electron chi connectivity index (χ2n) is 1.26. The molecule has 2 nitrogen and oxygen atoms in total. The van der Waals surface area contributed by atoms with E-state index in [9.17, 15) is 0 Å². The standard InChI is InChI=1S/2C3H2NS.2ClH.Fe/c2*1-2-4-5-3-1;;;/h2*1,3H;2*1H;/q2*-1;;;+2. The summed E-state index contributed by atoms with van der Waals surface area (Å²) in [5.74, 6) is 0. The molecule has 0 fully saturated rings. The monoisotopic (exact) mass is 296 g/mol. The van der Waals surface area contributed by atoms with E-state index in [2.05, 4.69) is 21.1 Å². The van der Waals surface area contributed by atoms with Gasteiger partial charge in [-0.15, -0.1) is 48.0 Å². The van der Waals surface area contributed by atoms with Gasteiger partial charge in [-0.25, -0.2) is 12.1 Å². The van der Waals surface area contributed by atoms with Gasteiger partial charge in [-0.1, -0.05) is 0 Å². The number of nitrogens with zero attached hydrogens (tertiary/aromatic N) is 2. The molecule has 0 amide bonds. The molecule has 0 aliphatic rings. The van der Waals surface area contributed by atoms with Crippen LogP contribution in [-0.4, -0.2) is 8.75 Å². The summed E-state index contributed by atoms with van der Waals surface area (Å²) in [6.07, 6.45) is 5.26. The van der Waals surface area contributed by atoms with Gasteiger partial charge in [0.15, 0.2) is 0 Å². The Morgan fingerprint density at radius 1 is 0.846 bits per heavy atom. The summed E-state index contributed by atoms with van der Waals surface area (Å²) in [5.41, 5.74) is 0. The Hall–Kier alpha value is 0.359. The molecule has 0 bridgehead atoms. The van der Waals surface area contributed by atoms with Crippen molar-refractivity contribution >= 4 is 47.9 Å². The number of aromatic nitrogens is 2. The van der Waals surface area contributed by atoms with Gasteiger partial charge in [0.2, 0.25) is 0 Å². The molecule has 0 aromatic carbocycles. The third-order valence-electron chi connectivity index (χ3n) is 0.618. The van der Waals surface area contributed by atoms with Crippen LogP contribution in [0.2, 0.25) is 0 Å². The molecule has 13 heavy (non-hydrogen) atoms. The molecule has 74 valence electrons. The molecular formula is C6H6Cl2FeN2S2. The summed E-state index contributed by atoms with van der Waals surface area (Å²) in [7, 11) is 0. The summed E-state index contributed by atoms with van der Waals surface area (Å²) in [5, 5.41) is 3.75. The van der Waals surface area contributed by atoms with Crippen LogP contribution in [0.5, 0.6) is 0 Å². The minimum Gasteiger partial charge on any atom is -0.325 e. The van der Waals surface area contributed by atoms with Crippen LogP contribution >= 0.6 is 47.9 Å². The first kappa shape index (κ1) is 19.0. The van der Waals surface area contributed by atoms with Gasteiger partial charge in [0.25, 0.3) is 0 Å². The van der Waals surface area contributed by atoms with Crippen LogP contribution in [0.15, 0.2) is 22.9 Å². The summed E-state index contributed by atoms with van der Waals surface area (Å²) in [6, 6.07) is 3.56. The van der Waals surface area contributed by atoms with E-state index in [-0.39, 0.29) is 41.9 Å². The molecule has 7 heteroatoms. The van der Waals surface area contributed by atoms with E-state index in [1.54, 1.807) is 12.1 Å². The smallest absolute Gasteiger partial charge is 0.325 e. The first-order valence-electron chi connectivity index (χ1n) is 2.53. The topological polar surface area (TPSA) is 25.8 Å². The van der Waals surface area contributed by atoms with Gasteiger partial charge in [-0.05, 0) is 0 Å². The fourth-order valence-electron chi connectivity index (χ4n) is 0.304. The number of halogens is 2. The van der Waals surface area contributed by atoms with Crippen molar-refractivity contribution in [1.29, 1.82) is 0 Å². The largest absolute Gasteiger partial charge is 2.00 e. The zero-order valence-electron chi connectivity index (χ0n) is 6.19. The van der Waals surface area contributed by atoms with E-state index in [0.29, 0.717) is 0 Å². The first-order chi connectivity index (χ1) is 5.00. The molecule has 0 unspecified atom stereocenters. The molecule has 2 aromatic rings.